The van der Waals surface area contributed by atoms with Crippen molar-refractivity contribution >= 4 is 29.2 Å². The van der Waals surface area contributed by atoms with Crippen molar-refractivity contribution in [1.82, 2.24) is 0 Å². The summed E-state index contributed by atoms with van der Waals surface area (Å²) in [4.78, 5) is 11.4. The highest BCUT2D eigenvalue weighted by Gasteiger charge is 2.13. The summed E-state index contributed by atoms with van der Waals surface area (Å²) in [6.07, 6.45) is 0. The number of ether oxygens (including phenoxy) is 1. The summed E-state index contributed by atoms with van der Waals surface area (Å²) in [5.74, 6) is -1.01. The highest BCUT2D eigenvalue weighted by molar-refractivity contribution is 6.36. The lowest BCUT2D eigenvalue weighted by Gasteiger charge is -2.08. The van der Waals surface area contributed by atoms with Crippen molar-refractivity contribution in [2.75, 3.05) is 7.11 Å². The lowest BCUT2D eigenvalue weighted by atomic mass is 10.0. The van der Waals surface area contributed by atoms with E-state index in [1.807, 2.05) is 0 Å². The molecular weight excluding hydrogens is 290 g/mol. The summed E-state index contributed by atoms with van der Waals surface area (Å²) in [7, 11) is 1.26. The summed E-state index contributed by atoms with van der Waals surface area (Å²) in [5.41, 5.74) is 0.948. The van der Waals surface area contributed by atoms with E-state index in [1.54, 1.807) is 12.1 Å². The summed E-state index contributed by atoms with van der Waals surface area (Å²) >= 11 is 11.8. The highest BCUT2D eigenvalue weighted by Crippen LogP contribution is 2.32. The standard InChI is InChI=1S/C14H9Cl2FO2/c1-19-14(18)8-2-5-13(17)11(6-8)10-4-3-9(15)7-12(10)16/h2-7H,1H3. The van der Waals surface area contributed by atoms with Crippen molar-refractivity contribution in [2.45, 2.75) is 0 Å². The number of hydrogen-bond acceptors (Lipinski definition) is 2. The lowest BCUT2D eigenvalue weighted by Crippen LogP contribution is -2.02. The van der Waals surface area contributed by atoms with E-state index in [2.05, 4.69) is 4.74 Å². The van der Waals surface area contributed by atoms with E-state index in [-0.39, 0.29) is 11.1 Å². The van der Waals surface area contributed by atoms with Gasteiger partial charge < -0.3 is 4.74 Å². The van der Waals surface area contributed by atoms with Gasteiger partial charge in [-0.15, -0.1) is 0 Å². The second kappa shape index (κ2) is 5.59. The number of esters is 1. The largest absolute Gasteiger partial charge is 0.465 e. The predicted octanol–water partition coefficient (Wildman–Crippen LogP) is 4.59. The predicted molar refractivity (Wildman–Crippen MR) is 73.2 cm³/mol. The Balaban J connectivity index is 2.57. The van der Waals surface area contributed by atoms with Gasteiger partial charge in [-0.1, -0.05) is 29.3 Å². The lowest BCUT2D eigenvalue weighted by molar-refractivity contribution is 0.0600. The zero-order valence-corrected chi connectivity index (χ0v) is 11.4. The fourth-order valence-corrected chi connectivity index (χ4v) is 2.19. The second-order valence-electron chi connectivity index (χ2n) is 3.81. The maximum absolute atomic E-state index is 13.9. The van der Waals surface area contributed by atoms with Crippen LogP contribution in [-0.2, 0) is 4.74 Å². The van der Waals surface area contributed by atoms with E-state index in [1.165, 1.54) is 31.4 Å². The Morgan fingerprint density at radius 3 is 2.47 bits per heavy atom. The molecule has 0 unspecified atom stereocenters. The van der Waals surface area contributed by atoms with Crippen LogP contribution in [-0.4, -0.2) is 13.1 Å². The molecule has 0 fully saturated rings. The number of methoxy groups -OCH3 is 1. The maximum atomic E-state index is 13.9. The van der Waals surface area contributed by atoms with Gasteiger partial charge in [0, 0.05) is 21.2 Å². The van der Waals surface area contributed by atoms with E-state index in [0.717, 1.165) is 0 Å². The molecule has 2 aromatic carbocycles. The van der Waals surface area contributed by atoms with E-state index in [9.17, 15) is 9.18 Å². The molecule has 0 amide bonds. The summed E-state index contributed by atoms with van der Waals surface area (Å²) in [6, 6.07) is 8.68. The zero-order chi connectivity index (χ0) is 14.0. The van der Waals surface area contributed by atoms with Crippen LogP contribution in [0.3, 0.4) is 0 Å². The molecule has 19 heavy (non-hydrogen) atoms. The van der Waals surface area contributed by atoms with Gasteiger partial charge in [0.25, 0.3) is 0 Å². The van der Waals surface area contributed by atoms with E-state index in [0.29, 0.717) is 15.6 Å². The Bertz CT molecular complexity index is 641. The number of hydrogen-bond donors (Lipinski definition) is 0. The number of benzene rings is 2. The third-order valence-electron chi connectivity index (χ3n) is 2.61. The first-order chi connectivity index (χ1) is 9.02. The topological polar surface area (TPSA) is 26.3 Å². The van der Waals surface area contributed by atoms with Crippen LogP contribution < -0.4 is 0 Å². The maximum Gasteiger partial charge on any atom is 0.337 e. The molecule has 0 spiro atoms. The van der Waals surface area contributed by atoms with Gasteiger partial charge in [-0.3, -0.25) is 0 Å². The van der Waals surface area contributed by atoms with E-state index >= 15 is 0 Å². The zero-order valence-electron chi connectivity index (χ0n) is 9.91. The molecule has 0 saturated carbocycles. The molecule has 0 radical (unpaired) electrons. The molecule has 0 atom stereocenters. The average Bonchev–Trinajstić information content (AvgIpc) is 2.39. The van der Waals surface area contributed by atoms with Crippen molar-refractivity contribution < 1.29 is 13.9 Å². The van der Waals surface area contributed by atoms with Gasteiger partial charge in [0.2, 0.25) is 0 Å². The van der Waals surface area contributed by atoms with Crippen molar-refractivity contribution in [1.29, 1.82) is 0 Å². The van der Waals surface area contributed by atoms with Gasteiger partial charge in [0.15, 0.2) is 0 Å². The Morgan fingerprint density at radius 1 is 1.11 bits per heavy atom. The summed E-state index contributed by atoms with van der Waals surface area (Å²) < 4.78 is 18.5. The third kappa shape index (κ3) is 2.88. The van der Waals surface area contributed by atoms with Gasteiger partial charge in [0.1, 0.15) is 5.82 Å². The quantitative estimate of drug-likeness (QED) is 0.758. The molecule has 0 bridgehead atoms. The van der Waals surface area contributed by atoms with E-state index < -0.39 is 11.8 Å². The van der Waals surface area contributed by atoms with E-state index in [4.69, 9.17) is 23.2 Å². The molecule has 0 aliphatic rings. The van der Waals surface area contributed by atoms with Gasteiger partial charge >= 0.3 is 5.97 Å². The molecule has 0 aliphatic heterocycles. The fourth-order valence-electron chi connectivity index (χ4n) is 1.68. The number of carbonyl (C=O) groups is 1. The van der Waals surface area contributed by atoms with Crippen LogP contribution in [0.15, 0.2) is 36.4 Å². The molecule has 2 aromatic rings. The van der Waals surface area contributed by atoms with Gasteiger partial charge in [-0.25, -0.2) is 9.18 Å². The Labute approximate surface area is 119 Å². The van der Waals surface area contributed by atoms with Crippen LogP contribution in [0.25, 0.3) is 11.1 Å². The highest BCUT2D eigenvalue weighted by atomic mass is 35.5. The molecule has 0 aliphatic carbocycles. The first-order valence-electron chi connectivity index (χ1n) is 5.36. The molecule has 0 heterocycles. The fraction of sp³-hybridized carbons (Fsp3) is 0.0714. The third-order valence-corrected chi connectivity index (χ3v) is 3.16. The molecule has 0 N–H and O–H groups in total. The minimum atomic E-state index is -0.536. The van der Waals surface area contributed by atoms with Gasteiger partial charge in [-0.2, -0.15) is 0 Å². The second-order valence-corrected chi connectivity index (χ2v) is 4.65. The molecular formula is C14H9Cl2FO2. The normalized spacial score (nSPS) is 10.3. The van der Waals surface area contributed by atoms with Crippen LogP contribution >= 0.6 is 23.2 Å². The number of halogens is 3. The van der Waals surface area contributed by atoms with Crippen LogP contribution in [0.5, 0.6) is 0 Å². The first kappa shape index (κ1) is 13.8. The molecule has 5 heteroatoms. The Hall–Kier alpha value is -1.58. The summed E-state index contributed by atoms with van der Waals surface area (Å²) in [5, 5.41) is 0.770. The molecule has 2 nitrogen and oxygen atoms in total. The van der Waals surface area contributed by atoms with Crippen LogP contribution in [0, 0.1) is 5.82 Å². The monoisotopic (exact) mass is 298 g/mol. The SMILES string of the molecule is COC(=O)c1ccc(F)c(-c2ccc(Cl)cc2Cl)c1. The Morgan fingerprint density at radius 2 is 1.84 bits per heavy atom. The smallest absolute Gasteiger partial charge is 0.337 e. The van der Waals surface area contributed by atoms with Crippen LogP contribution in [0.1, 0.15) is 10.4 Å². The van der Waals surface area contributed by atoms with Crippen LogP contribution in [0.4, 0.5) is 4.39 Å². The number of rotatable bonds is 2. The van der Waals surface area contributed by atoms with Crippen molar-refractivity contribution in [3.8, 4) is 11.1 Å². The van der Waals surface area contributed by atoms with Crippen molar-refractivity contribution in [2.24, 2.45) is 0 Å². The van der Waals surface area contributed by atoms with Gasteiger partial charge in [0.05, 0.1) is 12.7 Å². The Kier molecular flexibility index (Phi) is 4.08. The van der Waals surface area contributed by atoms with Crippen LogP contribution in [0.2, 0.25) is 10.0 Å². The molecule has 98 valence electrons. The number of carbonyl (C=O) groups excluding carboxylic acids is 1. The van der Waals surface area contributed by atoms with Gasteiger partial charge in [-0.05, 0) is 30.3 Å². The minimum absolute atomic E-state index is 0.226. The molecule has 0 aromatic heterocycles. The summed E-state index contributed by atoms with van der Waals surface area (Å²) in [6.45, 7) is 0. The first-order valence-corrected chi connectivity index (χ1v) is 6.12. The van der Waals surface area contributed by atoms with Crippen molar-refractivity contribution in [3.63, 3.8) is 0 Å². The van der Waals surface area contributed by atoms with Crippen molar-refractivity contribution in [3.05, 3.63) is 57.8 Å². The molecule has 2 rings (SSSR count). The average molecular weight is 299 g/mol. The molecule has 0 saturated heterocycles. The minimum Gasteiger partial charge on any atom is -0.465 e.